The van der Waals surface area contributed by atoms with Gasteiger partial charge >= 0.3 is 0 Å². The minimum atomic E-state index is -0.454. The number of likely N-dealkylation sites (N-methyl/N-ethyl adjacent to an activating group) is 1. The third kappa shape index (κ3) is 5.74. The van der Waals surface area contributed by atoms with Crippen LogP contribution in [0.2, 0.25) is 0 Å². The first-order valence-electron chi connectivity index (χ1n) is 9.74. The normalized spacial score (nSPS) is 15.0. The molecular formula is C24H31CoN3O2. The van der Waals surface area contributed by atoms with Crippen LogP contribution in [0.4, 0.5) is 5.69 Å². The number of rotatable bonds is 5. The number of ether oxygens (including phenoxy) is 1. The number of nitrogens with zero attached hydrogens (tertiary/aromatic N) is 1. The van der Waals surface area contributed by atoms with Crippen molar-refractivity contribution in [2.75, 3.05) is 18.6 Å². The van der Waals surface area contributed by atoms with Crippen molar-refractivity contribution in [1.82, 2.24) is 0 Å². The van der Waals surface area contributed by atoms with Crippen molar-refractivity contribution in [1.29, 1.82) is 10.8 Å². The van der Waals surface area contributed by atoms with Gasteiger partial charge in [-0.3, -0.25) is 5.41 Å². The van der Waals surface area contributed by atoms with E-state index < -0.39 is 5.90 Å². The third-order valence-corrected chi connectivity index (χ3v) is 4.90. The Bertz CT molecular complexity index is 907. The van der Waals surface area contributed by atoms with Crippen molar-refractivity contribution in [2.24, 2.45) is 5.92 Å². The van der Waals surface area contributed by atoms with Crippen molar-refractivity contribution in [3.05, 3.63) is 71.4 Å². The van der Waals surface area contributed by atoms with Crippen LogP contribution in [-0.2, 0) is 22.2 Å². The van der Waals surface area contributed by atoms with Gasteiger partial charge in [-0.1, -0.05) is 58.0 Å². The molecule has 0 unspecified atom stereocenters. The van der Waals surface area contributed by atoms with Crippen LogP contribution < -0.4 is 9.64 Å². The molecule has 2 aromatic carbocycles. The average molecular weight is 452 g/mol. The van der Waals surface area contributed by atoms with Gasteiger partial charge in [0.25, 0.3) is 0 Å². The van der Waals surface area contributed by atoms with Crippen molar-refractivity contribution >= 4 is 17.8 Å². The van der Waals surface area contributed by atoms with Gasteiger partial charge in [-0.15, -0.1) is 0 Å². The number of fused-ring (bicyclic) bond motifs is 1. The van der Waals surface area contributed by atoms with E-state index in [9.17, 15) is 0 Å². The van der Waals surface area contributed by atoms with Crippen LogP contribution in [0.25, 0.3) is 0 Å². The van der Waals surface area contributed by atoms with E-state index in [-0.39, 0.29) is 22.2 Å². The molecule has 0 aliphatic carbocycles. The van der Waals surface area contributed by atoms with Crippen LogP contribution >= 0.6 is 0 Å². The van der Waals surface area contributed by atoms with Crippen LogP contribution in [0.3, 0.4) is 0 Å². The fraction of sp³-hybridized carbons (Fsp3) is 0.333. The largest absolute Gasteiger partial charge is 0.493 e. The Balaban J connectivity index is 0.000000291. The Labute approximate surface area is 190 Å². The van der Waals surface area contributed by atoms with Crippen molar-refractivity contribution in [3.63, 3.8) is 0 Å². The number of nitrogens with one attached hydrogen (secondary N) is 2. The van der Waals surface area contributed by atoms with Gasteiger partial charge in [-0.2, -0.15) is 0 Å². The molecule has 0 bridgehead atoms. The standard InChI is InChI=1S/C13H16N2.C11H15NO2.Co/c1-13(2)10-6-4-5-7-11(10)15(3)12(13)8-9-14;1-8(2)7-14-10-6-4-3-5-9(10)11(12)13;/h4-9,14H,1-3H3;3-6,8H,7H2,1-2H3,(H2,12,13);/b12-8-,14-9?;;. The molecule has 5 nitrogen and oxygen atoms in total. The Morgan fingerprint density at radius 2 is 1.73 bits per heavy atom. The zero-order chi connectivity index (χ0) is 21.6. The molecule has 0 fully saturated rings. The molecule has 0 spiro atoms. The molecule has 2 aromatic rings. The first-order valence-corrected chi connectivity index (χ1v) is 9.74. The van der Waals surface area contributed by atoms with E-state index in [4.69, 9.17) is 20.7 Å². The predicted octanol–water partition coefficient (Wildman–Crippen LogP) is 5.55. The van der Waals surface area contributed by atoms with Gasteiger partial charge in [0, 0.05) is 46.8 Å². The minimum absolute atomic E-state index is 0. The van der Waals surface area contributed by atoms with Crippen molar-refractivity contribution in [2.45, 2.75) is 33.1 Å². The monoisotopic (exact) mass is 452 g/mol. The second-order valence-electron chi connectivity index (χ2n) is 7.97. The van der Waals surface area contributed by atoms with Crippen molar-refractivity contribution < 1.29 is 26.6 Å². The number of hydrogen-bond acceptors (Lipinski definition) is 4. The van der Waals surface area contributed by atoms with Crippen LogP contribution in [0.5, 0.6) is 5.75 Å². The summed E-state index contributed by atoms with van der Waals surface area (Å²) in [4.78, 5) is 2.17. The molecule has 1 heterocycles. The summed E-state index contributed by atoms with van der Waals surface area (Å²) >= 11 is 0. The second kappa shape index (κ2) is 11.0. The molecule has 6 heteroatoms. The minimum Gasteiger partial charge on any atom is -0.493 e. The smallest absolute Gasteiger partial charge is 0.214 e. The maximum absolute atomic E-state index is 9.07. The van der Waals surface area contributed by atoms with E-state index in [0.29, 0.717) is 23.8 Å². The van der Waals surface area contributed by atoms with Gasteiger partial charge in [-0.05, 0) is 35.8 Å². The second-order valence-corrected chi connectivity index (χ2v) is 7.97. The molecule has 0 aromatic heterocycles. The van der Waals surface area contributed by atoms with Crippen LogP contribution in [-0.4, -0.2) is 30.9 Å². The summed E-state index contributed by atoms with van der Waals surface area (Å²) in [7, 11) is 2.06. The van der Waals surface area contributed by atoms with E-state index in [0.717, 1.165) is 0 Å². The van der Waals surface area contributed by atoms with E-state index in [1.165, 1.54) is 23.2 Å². The number of aliphatic hydroxyl groups is 1. The van der Waals surface area contributed by atoms with Crippen LogP contribution in [0, 0.1) is 16.7 Å². The summed E-state index contributed by atoms with van der Waals surface area (Å²) in [6.45, 7) is 9.08. The fourth-order valence-electron chi connectivity index (χ4n) is 3.43. The Morgan fingerprint density at radius 3 is 2.30 bits per heavy atom. The molecule has 1 radical (unpaired) electrons. The average Bonchev–Trinajstić information content (AvgIpc) is 2.88. The van der Waals surface area contributed by atoms with E-state index in [2.05, 4.69) is 50.1 Å². The molecule has 30 heavy (non-hydrogen) atoms. The summed E-state index contributed by atoms with van der Waals surface area (Å²) in [5, 5.41) is 23.4. The van der Waals surface area contributed by atoms with Gasteiger partial charge in [-0.25, -0.2) is 0 Å². The zero-order valence-electron chi connectivity index (χ0n) is 18.2. The topological polar surface area (TPSA) is 80.4 Å². The first-order chi connectivity index (χ1) is 13.7. The number of para-hydroxylation sites is 2. The quantitative estimate of drug-likeness (QED) is 0.411. The molecule has 0 saturated carbocycles. The zero-order valence-corrected chi connectivity index (χ0v) is 19.2. The maximum Gasteiger partial charge on any atom is 0.214 e. The Morgan fingerprint density at radius 1 is 1.13 bits per heavy atom. The van der Waals surface area contributed by atoms with Gasteiger partial charge < -0.3 is 20.2 Å². The summed E-state index contributed by atoms with van der Waals surface area (Å²) in [6.07, 6.45) is 3.24. The van der Waals surface area contributed by atoms with Gasteiger partial charge in [0.1, 0.15) is 5.75 Å². The summed E-state index contributed by atoms with van der Waals surface area (Å²) in [5.74, 6) is 0.536. The maximum atomic E-state index is 9.07. The molecule has 0 saturated heterocycles. The van der Waals surface area contributed by atoms with Gasteiger partial charge in [0.15, 0.2) is 0 Å². The number of hydrogen-bond donors (Lipinski definition) is 3. The van der Waals surface area contributed by atoms with E-state index in [1.807, 2.05) is 26.0 Å². The third-order valence-electron chi connectivity index (χ3n) is 4.90. The molecule has 0 amide bonds. The number of allylic oxidation sites excluding steroid dienone is 2. The molecular weight excluding hydrogens is 421 g/mol. The fourth-order valence-corrected chi connectivity index (χ4v) is 3.43. The van der Waals surface area contributed by atoms with E-state index >= 15 is 0 Å². The summed E-state index contributed by atoms with van der Waals surface area (Å²) < 4.78 is 5.46. The Kier molecular flexibility index (Phi) is 9.33. The SMILES string of the molecule is CC(C)COc1ccccc1C(=N)O.CN1/C(=C\C=N)C(C)(C)c2ccccc21.[Co]. The predicted molar refractivity (Wildman–Crippen MR) is 121 cm³/mol. The van der Waals surface area contributed by atoms with Crippen LogP contribution in [0.15, 0.2) is 60.3 Å². The van der Waals surface area contributed by atoms with Gasteiger partial charge in [0.05, 0.1) is 12.2 Å². The number of anilines is 1. The van der Waals surface area contributed by atoms with Gasteiger partial charge in [0.2, 0.25) is 5.90 Å². The van der Waals surface area contributed by atoms with E-state index in [1.54, 1.807) is 18.2 Å². The van der Waals surface area contributed by atoms with Crippen LogP contribution in [0.1, 0.15) is 38.8 Å². The molecule has 1 aliphatic rings. The molecule has 1 aliphatic heterocycles. The summed E-state index contributed by atoms with van der Waals surface area (Å²) in [5.41, 5.74) is 4.20. The van der Waals surface area contributed by atoms with Crippen molar-refractivity contribution in [3.8, 4) is 5.75 Å². The Hall–Kier alpha value is -2.57. The summed E-state index contributed by atoms with van der Waals surface area (Å²) in [6, 6.07) is 15.4. The molecule has 3 rings (SSSR count). The number of benzene rings is 2. The number of aliphatic hydroxyl groups excluding tert-OH is 1. The molecule has 3 N–H and O–H groups in total. The molecule has 163 valence electrons. The first kappa shape index (κ1) is 25.5. The molecule has 0 atom stereocenters.